The summed E-state index contributed by atoms with van der Waals surface area (Å²) in [6, 6.07) is 8.69. The number of hydrogen-bond acceptors (Lipinski definition) is 4. The lowest BCUT2D eigenvalue weighted by Crippen LogP contribution is -2.50. The number of piperazine rings is 1. The van der Waals surface area contributed by atoms with Gasteiger partial charge in [0.2, 0.25) is 0 Å². The summed E-state index contributed by atoms with van der Waals surface area (Å²) in [5, 5.41) is 3.30. The summed E-state index contributed by atoms with van der Waals surface area (Å²) in [6.07, 6.45) is 3.59. The van der Waals surface area contributed by atoms with E-state index in [0.29, 0.717) is 37.4 Å². The van der Waals surface area contributed by atoms with Gasteiger partial charge in [-0.3, -0.25) is 9.59 Å². The number of pyridine rings is 1. The molecule has 4 rings (SSSR count). The third-order valence-electron chi connectivity index (χ3n) is 6.00. The van der Waals surface area contributed by atoms with Crippen LogP contribution < -0.4 is 15.8 Å². The Balaban J connectivity index is 0.00000171. The van der Waals surface area contributed by atoms with Crippen molar-refractivity contribution in [1.29, 1.82) is 0 Å². The van der Waals surface area contributed by atoms with E-state index in [1.807, 2.05) is 30.2 Å². The fraction of sp³-hybridized carbons (Fsp3) is 0.455. The van der Waals surface area contributed by atoms with Crippen LogP contribution in [0, 0.1) is 12.7 Å². The van der Waals surface area contributed by atoms with Crippen LogP contribution in [0.25, 0.3) is 0 Å². The molecule has 0 unspecified atom stereocenters. The predicted octanol–water partition coefficient (Wildman–Crippen LogP) is 3.03. The minimum Gasteiger partial charge on any atom is -0.366 e. The van der Waals surface area contributed by atoms with Gasteiger partial charge in [-0.1, -0.05) is 12.1 Å². The minimum atomic E-state index is -0.254. The second-order valence-corrected chi connectivity index (χ2v) is 7.80. The molecule has 0 bridgehead atoms. The van der Waals surface area contributed by atoms with Crippen molar-refractivity contribution < 1.29 is 9.18 Å². The third-order valence-corrected chi connectivity index (χ3v) is 6.00. The molecule has 31 heavy (non-hydrogen) atoms. The first-order chi connectivity index (χ1) is 14.1. The van der Waals surface area contributed by atoms with E-state index < -0.39 is 0 Å². The Kier molecular flexibility index (Phi) is 8.91. The van der Waals surface area contributed by atoms with Crippen LogP contribution in [0.2, 0.25) is 0 Å². The van der Waals surface area contributed by atoms with Crippen LogP contribution in [-0.2, 0) is 0 Å². The van der Waals surface area contributed by atoms with Gasteiger partial charge in [-0.25, -0.2) is 4.39 Å². The molecule has 1 aromatic heterocycles. The van der Waals surface area contributed by atoms with Crippen LogP contribution in [-0.4, -0.2) is 54.6 Å². The minimum absolute atomic E-state index is 0. The number of piperidine rings is 1. The summed E-state index contributed by atoms with van der Waals surface area (Å²) in [5.41, 5.74) is 1.34. The van der Waals surface area contributed by atoms with Crippen molar-refractivity contribution >= 4 is 36.4 Å². The standard InChI is InChI=1S/C22H27FN4O2.2ClH/c1-16-8-11-27(17-6-9-24-10-7-17)22(29)20(16)21(28)26-14-12-25(13-15-26)19-5-3-2-4-18(19)23;;/h2-5,8,11,17,24H,6-7,9-10,12-15H2,1H3;2*1H. The van der Waals surface area contributed by atoms with E-state index in [9.17, 15) is 14.0 Å². The van der Waals surface area contributed by atoms with Crippen molar-refractivity contribution in [3.8, 4) is 0 Å². The van der Waals surface area contributed by atoms with Gasteiger partial charge in [-0.15, -0.1) is 24.8 Å². The Morgan fingerprint density at radius 1 is 1.03 bits per heavy atom. The maximum absolute atomic E-state index is 14.1. The van der Waals surface area contributed by atoms with Crippen molar-refractivity contribution in [1.82, 2.24) is 14.8 Å². The summed E-state index contributed by atoms with van der Waals surface area (Å²) >= 11 is 0. The van der Waals surface area contributed by atoms with Gasteiger partial charge in [0.25, 0.3) is 11.5 Å². The van der Waals surface area contributed by atoms with Gasteiger partial charge in [-0.05, 0) is 56.6 Å². The molecule has 0 saturated carbocycles. The number of nitrogens with zero attached hydrogens (tertiary/aromatic N) is 3. The Labute approximate surface area is 194 Å². The van der Waals surface area contributed by atoms with Crippen molar-refractivity contribution in [2.45, 2.75) is 25.8 Å². The molecular weight excluding hydrogens is 442 g/mol. The number of rotatable bonds is 3. The average molecular weight is 471 g/mol. The van der Waals surface area contributed by atoms with Gasteiger partial charge < -0.3 is 19.7 Å². The van der Waals surface area contributed by atoms with Crippen LogP contribution in [0.4, 0.5) is 10.1 Å². The lowest BCUT2D eigenvalue weighted by atomic mass is 10.0. The maximum atomic E-state index is 14.1. The number of amides is 1. The molecule has 1 N–H and O–H groups in total. The Morgan fingerprint density at radius 3 is 2.32 bits per heavy atom. The number of anilines is 1. The van der Waals surface area contributed by atoms with E-state index in [2.05, 4.69) is 5.32 Å². The number of hydrogen-bond donors (Lipinski definition) is 1. The zero-order valence-corrected chi connectivity index (χ0v) is 19.2. The largest absolute Gasteiger partial charge is 0.366 e. The van der Waals surface area contributed by atoms with E-state index in [1.165, 1.54) is 6.07 Å². The van der Waals surface area contributed by atoms with E-state index in [1.54, 1.807) is 21.6 Å². The molecule has 1 aromatic carbocycles. The molecule has 2 fully saturated rings. The van der Waals surface area contributed by atoms with Gasteiger partial charge in [-0.2, -0.15) is 0 Å². The summed E-state index contributed by atoms with van der Waals surface area (Å²) in [6.45, 7) is 5.60. The van der Waals surface area contributed by atoms with Gasteiger partial charge in [0.05, 0.1) is 5.69 Å². The lowest BCUT2D eigenvalue weighted by Gasteiger charge is -2.36. The van der Waals surface area contributed by atoms with Crippen LogP contribution in [0.1, 0.15) is 34.8 Å². The third kappa shape index (κ3) is 5.22. The first kappa shape index (κ1) is 25.2. The van der Waals surface area contributed by atoms with Crippen molar-refractivity contribution in [2.75, 3.05) is 44.2 Å². The fourth-order valence-corrected chi connectivity index (χ4v) is 4.29. The molecule has 0 atom stereocenters. The highest BCUT2D eigenvalue weighted by Gasteiger charge is 2.28. The monoisotopic (exact) mass is 470 g/mol. The predicted molar refractivity (Wildman–Crippen MR) is 126 cm³/mol. The SMILES string of the molecule is Cc1ccn(C2CCNCC2)c(=O)c1C(=O)N1CCN(c2ccccc2F)CC1.Cl.Cl. The van der Waals surface area contributed by atoms with Crippen LogP contribution in [0.5, 0.6) is 0 Å². The number of benzene rings is 1. The first-order valence-corrected chi connectivity index (χ1v) is 10.3. The number of carbonyl (C=O) groups excluding carboxylic acids is 1. The van der Waals surface area contributed by atoms with E-state index in [0.717, 1.165) is 25.9 Å². The second kappa shape index (κ2) is 11.0. The van der Waals surface area contributed by atoms with Gasteiger partial charge >= 0.3 is 0 Å². The van der Waals surface area contributed by atoms with Crippen molar-refractivity contribution in [3.05, 3.63) is 63.8 Å². The normalized spacial score (nSPS) is 17.0. The molecule has 0 spiro atoms. The molecule has 2 aliphatic rings. The van der Waals surface area contributed by atoms with Gasteiger partial charge in [0.15, 0.2) is 0 Å². The molecule has 1 amide bonds. The molecular formula is C22H29Cl2FN4O2. The number of para-hydroxylation sites is 1. The maximum Gasteiger partial charge on any atom is 0.263 e. The molecule has 9 heteroatoms. The van der Waals surface area contributed by atoms with Gasteiger partial charge in [0, 0.05) is 38.4 Å². The Bertz CT molecular complexity index is 955. The number of aryl methyl sites for hydroxylation is 1. The van der Waals surface area contributed by atoms with E-state index in [4.69, 9.17) is 0 Å². The molecule has 2 aliphatic heterocycles. The molecule has 2 aromatic rings. The average Bonchev–Trinajstić information content (AvgIpc) is 2.75. The zero-order chi connectivity index (χ0) is 20.4. The molecule has 170 valence electrons. The summed E-state index contributed by atoms with van der Waals surface area (Å²) < 4.78 is 15.8. The zero-order valence-electron chi connectivity index (χ0n) is 17.6. The fourth-order valence-electron chi connectivity index (χ4n) is 4.29. The molecule has 2 saturated heterocycles. The second-order valence-electron chi connectivity index (χ2n) is 7.80. The quantitative estimate of drug-likeness (QED) is 0.748. The summed E-state index contributed by atoms with van der Waals surface area (Å²) in [7, 11) is 0. The van der Waals surface area contributed by atoms with Crippen LogP contribution >= 0.6 is 24.8 Å². The topological polar surface area (TPSA) is 57.6 Å². The molecule has 0 aliphatic carbocycles. The Morgan fingerprint density at radius 2 is 1.68 bits per heavy atom. The highest BCUT2D eigenvalue weighted by molar-refractivity contribution is 5.95. The highest BCUT2D eigenvalue weighted by atomic mass is 35.5. The van der Waals surface area contributed by atoms with Gasteiger partial charge in [0.1, 0.15) is 11.4 Å². The Hall–Kier alpha value is -2.09. The van der Waals surface area contributed by atoms with Crippen LogP contribution in [0.15, 0.2) is 41.3 Å². The molecule has 3 heterocycles. The molecule has 6 nitrogen and oxygen atoms in total. The number of halogens is 3. The lowest BCUT2D eigenvalue weighted by molar-refractivity contribution is 0.0743. The summed E-state index contributed by atoms with van der Waals surface area (Å²) in [5.74, 6) is -0.472. The number of nitrogens with one attached hydrogen (secondary N) is 1. The van der Waals surface area contributed by atoms with E-state index >= 15 is 0 Å². The molecule has 0 radical (unpaired) electrons. The van der Waals surface area contributed by atoms with Crippen molar-refractivity contribution in [2.24, 2.45) is 0 Å². The summed E-state index contributed by atoms with van der Waals surface area (Å²) in [4.78, 5) is 30.0. The van der Waals surface area contributed by atoms with E-state index in [-0.39, 0.29) is 53.7 Å². The first-order valence-electron chi connectivity index (χ1n) is 10.3. The van der Waals surface area contributed by atoms with Crippen LogP contribution in [0.3, 0.4) is 0 Å². The number of carbonyl (C=O) groups is 1. The number of aromatic nitrogens is 1. The smallest absolute Gasteiger partial charge is 0.263 e. The highest BCUT2D eigenvalue weighted by Crippen LogP contribution is 2.21. The van der Waals surface area contributed by atoms with Crippen molar-refractivity contribution in [3.63, 3.8) is 0 Å².